The molecule has 0 saturated heterocycles. The molecule has 6 heteroatoms. The first-order valence-electron chi connectivity index (χ1n) is 5.01. The minimum absolute atomic E-state index is 0.0513. The van der Waals surface area contributed by atoms with E-state index in [2.05, 4.69) is 16.6 Å². The van der Waals surface area contributed by atoms with Gasteiger partial charge in [-0.15, -0.1) is 6.42 Å². The number of rotatable bonds is 5. The van der Waals surface area contributed by atoms with Gasteiger partial charge in [-0.25, -0.2) is 9.18 Å². The van der Waals surface area contributed by atoms with Crippen LogP contribution in [0.4, 0.5) is 10.1 Å². The van der Waals surface area contributed by atoms with E-state index < -0.39 is 17.7 Å². The highest BCUT2D eigenvalue weighted by Gasteiger charge is 2.10. The van der Waals surface area contributed by atoms with Gasteiger partial charge < -0.3 is 10.4 Å². The Balaban J connectivity index is 2.65. The van der Waals surface area contributed by atoms with Crippen molar-refractivity contribution in [2.24, 2.45) is 0 Å². The second-order valence-electron chi connectivity index (χ2n) is 3.36. The van der Waals surface area contributed by atoms with Gasteiger partial charge in [0.15, 0.2) is 0 Å². The van der Waals surface area contributed by atoms with E-state index in [1.165, 1.54) is 12.1 Å². The summed E-state index contributed by atoms with van der Waals surface area (Å²) in [5, 5.41) is 13.6. The quantitative estimate of drug-likeness (QED) is 0.530. The SMILES string of the molecule is C#CCNCC(=O)Nc1ccc(C(=O)O)cc1F. The molecule has 1 amide bonds. The second kappa shape index (κ2) is 6.37. The van der Waals surface area contributed by atoms with Gasteiger partial charge in [0.25, 0.3) is 0 Å². The number of carboxylic acids is 1. The highest BCUT2D eigenvalue weighted by atomic mass is 19.1. The van der Waals surface area contributed by atoms with Crippen LogP contribution in [0, 0.1) is 18.2 Å². The van der Waals surface area contributed by atoms with Crippen molar-refractivity contribution in [3.05, 3.63) is 29.6 Å². The van der Waals surface area contributed by atoms with Crippen molar-refractivity contribution < 1.29 is 19.1 Å². The lowest BCUT2D eigenvalue weighted by Crippen LogP contribution is -2.28. The Morgan fingerprint density at radius 2 is 2.17 bits per heavy atom. The summed E-state index contributed by atoms with van der Waals surface area (Å²) in [5.74, 6) is -0.217. The van der Waals surface area contributed by atoms with Crippen LogP contribution in [0.1, 0.15) is 10.4 Å². The maximum absolute atomic E-state index is 13.4. The lowest BCUT2D eigenvalue weighted by molar-refractivity contribution is -0.115. The summed E-state index contributed by atoms with van der Waals surface area (Å²) in [6, 6.07) is 3.24. The van der Waals surface area contributed by atoms with Gasteiger partial charge in [-0.05, 0) is 18.2 Å². The molecule has 0 aromatic heterocycles. The van der Waals surface area contributed by atoms with Gasteiger partial charge in [-0.2, -0.15) is 0 Å². The number of hydrogen-bond donors (Lipinski definition) is 3. The van der Waals surface area contributed by atoms with Crippen LogP contribution in [-0.2, 0) is 4.79 Å². The Labute approximate surface area is 103 Å². The molecule has 0 aliphatic heterocycles. The molecule has 0 aliphatic carbocycles. The molecule has 1 aromatic rings. The summed E-state index contributed by atoms with van der Waals surface area (Å²) in [6.45, 7) is 0.179. The van der Waals surface area contributed by atoms with E-state index in [1.807, 2.05) is 0 Å². The fourth-order valence-corrected chi connectivity index (χ4v) is 1.19. The van der Waals surface area contributed by atoms with Gasteiger partial charge in [-0.1, -0.05) is 5.92 Å². The number of amides is 1. The summed E-state index contributed by atoms with van der Waals surface area (Å²) < 4.78 is 13.4. The molecule has 1 rings (SSSR count). The lowest BCUT2D eigenvalue weighted by Gasteiger charge is -2.07. The molecular weight excluding hydrogens is 239 g/mol. The minimum atomic E-state index is -1.23. The molecule has 94 valence electrons. The predicted molar refractivity (Wildman–Crippen MR) is 63.7 cm³/mol. The zero-order valence-electron chi connectivity index (χ0n) is 9.37. The molecule has 0 fully saturated rings. The Morgan fingerprint density at radius 3 is 2.72 bits per heavy atom. The maximum Gasteiger partial charge on any atom is 0.335 e. The Hall–Kier alpha value is -2.39. The maximum atomic E-state index is 13.4. The number of terminal acetylenes is 1. The monoisotopic (exact) mass is 250 g/mol. The topological polar surface area (TPSA) is 78.4 Å². The van der Waals surface area contributed by atoms with Crippen LogP contribution in [-0.4, -0.2) is 30.1 Å². The van der Waals surface area contributed by atoms with Crippen molar-refractivity contribution in [2.75, 3.05) is 18.4 Å². The molecule has 0 bridgehead atoms. The first-order valence-corrected chi connectivity index (χ1v) is 5.01. The standard InChI is InChI=1S/C12H11FN2O3/c1-2-5-14-7-11(16)15-10-4-3-8(12(17)18)6-9(10)13/h1,3-4,6,14H,5,7H2,(H,15,16)(H,17,18). The smallest absolute Gasteiger partial charge is 0.335 e. The molecule has 0 aliphatic rings. The molecule has 18 heavy (non-hydrogen) atoms. The summed E-state index contributed by atoms with van der Waals surface area (Å²) in [7, 11) is 0. The number of carboxylic acid groups (broad SMARTS) is 1. The van der Waals surface area contributed by atoms with Crippen LogP contribution >= 0.6 is 0 Å². The van der Waals surface area contributed by atoms with Gasteiger partial charge in [0, 0.05) is 0 Å². The van der Waals surface area contributed by atoms with Crippen molar-refractivity contribution >= 4 is 17.6 Å². The minimum Gasteiger partial charge on any atom is -0.478 e. The normalized spacial score (nSPS) is 9.56. The summed E-state index contributed by atoms with van der Waals surface area (Å²) in [5.41, 5.74) is -0.261. The molecule has 1 aromatic carbocycles. The number of aromatic carboxylic acids is 1. The van der Waals surface area contributed by atoms with E-state index in [0.717, 1.165) is 6.07 Å². The van der Waals surface area contributed by atoms with E-state index in [1.54, 1.807) is 0 Å². The van der Waals surface area contributed by atoms with E-state index in [4.69, 9.17) is 11.5 Å². The highest BCUT2D eigenvalue weighted by Crippen LogP contribution is 2.15. The van der Waals surface area contributed by atoms with Crippen molar-refractivity contribution in [3.8, 4) is 12.3 Å². The first kappa shape index (κ1) is 13.7. The average Bonchev–Trinajstić information content (AvgIpc) is 2.32. The zero-order chi connectivity index (χ0) is 13.5. The third kappa shape index (κ3) is 3.88. The average molecular weight is 250 g/mol. The number of hydrogen-bond acceptors (Lipinski definition) is 3. The van der Waals surface area contributed by atoms with E-state index in [-0.39, 0.29) is 24.3 Å². The number of nitrogens with one attached hydrogen (secondary N) is 2. The Kier molecular flexibility index (Phi) is 4.84. The molecular formula is C12H11FN2O3. The van der Waals surface area contributed by atoms with Crippen molar-refractivity contribution in [2.45, 2.75) is 0 Å². The van der Waals surface area contributed by atoms with Crippen LogP contribution in [0.25, 0.3) is 0 Å². The van der Waals surface area contributed by atoms with Gasteiger partial charge in [-0.3, -0.25) is 10.1 Å². The zero-order valence-corrected chi connectivity index (χ0v) is 9.37. The largest absolute Gasteiger partial charge is 0.478 e. The molecule has 5 nitrogen and oxygen atoms in total. The summed E-state index contributed by atoms with van der Waals surface area (Å²) in [6.07, 6.45) is 4.98. The molecule has 0 unspecified atom stereocenters. The second-order valence-corrected chi connectivity index (χ2v) is 3.36. The van der Waals surface area contributed by atoms with Crippen LogP contribution in [0.3, 0.4) is 0 Å². The van der Waals surface area contributed by atoms with Crippen LogP contribution in [0.15, 0.2) is 18.2 Å². The Bertz CT molecular complexity index is 509. The number of carbonyl (C=O) groups excluding carboxylic acids is 1. The van der Waals surface area contributed by atoms with Gasteiger partial charge in [0.2, 0.25) is 5.91 Å². The van der Waals surface area contributed by atoms with Crippen LogP contribution in [0.2, 0.25) is 0 Å². The van der Waals surface area contributed by atoms with E-state index >= 15 is 0 Å². The van der Waals surface area contributed by atoms with Crippen LogP contribution in [0.5, 0.6) is 0 Å². The first-order chi connectivity index (χ1) is 8.54. The predicted octanol–water partition coefficient (Wildman–Crippen LogP) is 0.685. The summed E-state index contributed by atoms with van der Waals surface area (Å²) in [4.78, 5) is 21.9. The fraction of sp³-hybridized carbons (Fsp3) is 0.167. The fourth-order valence-electron chi connectivity index (χ4n) is 1.19. The van der Waals surface area contributed by atoms with Crippen molar-refractivity contribution in [1.29, 1.82) is 0 Å². The third-order valence-corrected chi connectivity index (χ3v) is 2.00. The van der Waals surface area contributed by atoms with E-state index in [9.17, 15) is 14.0 Å². The molecule has 3 N–H and O–H groups in total. The van der Waals surface area contributed by atoms with Crippen LogP contribution < -0.4 is 10.6 Å². The summed E-state index contributed by atoms with van der Waals surface area (Å²) >= 11 is 0. The number of anilines is 1. The van der Waals surface area contributed by atoms with E-state index in [0.29, 0.717) is 0 Å². The molecule has 0 heterocycles. The molecule has 0 radical (unpaired) electrons. The number of benzene rings is 1. The molecule has 0 spiro atoms. The van der Waals surface area contributed by atoms with Gasteiger partial charge in [0.1, 0.15) is 5.82 Å². The highest BCUT2D eigenvalue weighted by molar-refractivity contribution is 5.93. The number of carbonyl (C=O) groups is 2. The van der Waals surface area contributed by atoms with Gasteiger partial charge >= 0.3 is 5.97 Å². The Morgan fingerprint density at radius 1 is 1.44 bits per heavy atom. The number of halogens is 1. The van der Waals surface area contributed by atoms with Crippen molar-refractivity contribution in [1.82, 2.24) is 5.32 Å². The van der Waals surface area contributed by atoms with Gasteiger partial charge in [0.05, 0.1) is 24.3 Å². The van der Waals surface area contributed by atoms with Crippen molar-refractivity contribution in [3.63, 3.8) is 0 Å². The molecule has 0 atom stereocenters. The molecule has 0 saturated carbocycles. The third-order valence-electron chi connectivity index (χ3n) is 2.00. The lowest BCUT2D eigenvalue weighted by atomic mass is 10.2.